The zero-order valence-corrected chi connectivity index (χ0v) is 65.5. The largest absolute Gasteiger partial charge is 0.472 e. The van der Waals surface area contributed by atoms with Crippen LogP contribution < -0.4 is 0 Å². The van der Waals surface area contributed by atoms with Crippen molar-refractivity contribution in [3.63, 3.8) is 0 Å². The van der Waals surface area contributed by atoms with Crippen LogP contribution >= 0.6 is 15.6 Å². The number of aliphatic hydroxyl groups excluding tert-OH is 1. The summed E-state index contributed by atoms with van der Waals surface area (Å²) in [6.45, 7) is 14.2. The van der Waals surface area contributed by atoms with Gasteiger partial charge in [-0.15, -0.1) is 0 Å². The Morgan fingerprint density at radius 1 is 0.289 bits per heavy atom. The standard InChI is InChI=1S/C78H152O17P2/c1-9-69(6)55-47-39-31-25-22-23-27-34-44-52-60-77(82)94-73(64-88-75(80)58-50-42-33-26-21-19-17-15-13-12-14-16-18-20-24-30-38-46-54-68(4)5)66-92-96(84,85)90-62-72(79)63-91-97(86,87)93-67-74(65-89-76(81)59-51-43-37-36-41-49-57-71(8)11-3)95-78(83)61-53-45-35-29-28-32-40-48-56-70(7)10-2/h68-74,79H,9-67H2,1-8H3,(H,84,85)(H,86,87)/t69?,70?,71?,72-,73-,74-/m1/s1. The number of esters is 4. The molecule has 0 aliphatic carbocycles. The number of carbonyl (C=O) groups excluding carboxylic acids is 4. The van der Waals surface area contributed by atoms with Gasteiger partial charge in [0, 0.05) is 25.7 Å². The van der Waals surface area contributed by atoms with Gasteiger partial charge in [-0.3, -0.25) is 37.3 Å². The highest BCUT2D eigenvalue weighted by Crippen LogP contribution is 2.45. The summed E-state index contributed by atoms with van der Waals surface area (Å²) in [6.07, 6.45) is 52.8. The first kappa shape index (κ1) is 95.1. The van der Waals surface area contributed by atoms with Gasteiger partial charge in [-0.1, -0.05) is 344 Å². The molecule has 17 nitrogen and oxygen atoms in total. The van der Waals surface area contributed by atoms with Crippen molar-refractivity contribution >= 4 is 39.5 Å². The Labute approximate surface area is 594 Å². The molecule has 3 N–H and O–H groups in total. The second-order valence-corrected chi connectivity index (χ2v) is 32.2. The maximum absolute atomic E-state index is 13.1. The number of aliphatic hydroxyl groups is 1. The molecule has 8 atom stereocenters. The molecular weight excluding hydrogens is 1270 g/mol. The third kappa shape index (κ3) is 68.3. The second-order valence-electron chi connectivity index (χ2n) is 29.3. The molecule has 19 heteroatoms. The van der Waals surface area contributed by atoms with Crippen molar-refractivity contribution in [3.8, 4) is 0 Å². The highest BCUT2D eigenvalue weighted by molar-refractivity contribution is 7.47. The Bertz CT molecular complexity index is 1910. The van der Waals surface area contributed by atoms with E-state index in [1.807, 2.05) is 0 Å². The summed E-state index contributed by atoms with van der Waals surface area (Å²) >= 11 is 0. The van der Waals surface area contributed by atoms with Crippen molar-refractivity contribution in [1.82, 2.24) is 0 Å². The molecule has 0 saturated carbocycles. The van der Waals surface area contributed by atoms with E-state index in [4.69, 9.17) is 37.0 Å². The fourth-order valence-corrected chi connectivity index (χ4v) is 13.4. The smallest absolute Gasteiger partial charge is 0.462 e. The highest BCUT2D eigenvalue weighted by atomic mass is 31.2. The van der Waals surface area contributed by atoms with E-state index in [1.165, 1.54) is 193 Å². The quantitative estimate of drug-likeness (QED) is 0.0222. The Morgan fingerprint density at radius 2 is 0.495 bits per heavy atom. The Balaban J connectivity index is 5.21. The van der Waals surface area contributed by atoms with Crippen molar-refractivity contribution in [1.29, 1.82) is 0 Å². The molecule has 0 spiro atoms. The summed E-state index contributed by atoms with van der Waals surface area (Å²) < 4.78 is 68.6. The third-order valence-electron chi connectivity index (χ3n) is 19.2. The van der Waals surface area contributed by atoms with Crippen molar-refractivity contribution in [2.75, 3.05) is 39.6 Å². The van der Waals surface area contributed by atoms with Crippen LogP contribution in [0.3, 0.4) is 0 Å². The van der Waals surface area contributed by atoms with Crippen LogP contribution in [0.4, 0.5) is 0 Å². The van der Waals surface area contributed by atoms with E-state index in [-0.39, 0.29) is 25.7 Å². The van der Waals surface area contributed by atoms with Crippen molar-refractivity contribution < 1.29 is 80.2 Å². The lowest BCUT2D eigenvalue weighted by Crippen LogP contribution is -2.30. The fourth-order valence-electron chi connectivity index (χ4n) is 11.8. The van der Waals surface area contributed by atoms with Gasteiger partial charge in [0.2, 0.25) is 0 Å². The molecule has 0 bridgehead atoms. The van der Waals surface area contributed by atoms with Crippen LogP contribution in [0.2, 0.25) is 0 Å². The van der Waals surface area contributed by atoms with Crippen LogP contribution in [-0.4, -0.2) is 96.7 Å². The van der Waals surface area contributed by atoms with Gasteiger partial charge in [0.05, 0.1) is 26.4 Å². The van der Waals surface area contributed by atoms with Crippen LogP contribution in [0, 0.1) is 23.7 Å². The molecular formula is C78H152O17P2. The van der Waals surface area contributed by atoms with Gasteiger partial charge in [0.15, 0.2) is 12.2 Å². The van der Waals surface area contributed by atoms with Crippen LogP contribution in [0.15, 0.2) is 0 Å². The first-order valence-electron chi connectivity index (χ1n) is 40.3. The number of unbranched alkanes of at least 4 members (excludes halogenated alkanes) is 38. The number of phosphoric ester groups is 2. The van der Waals surface area contributed by atoms with Crippen LogP contribution in [0.1, 0.15) is 396 Å². The molecule has 0 rings (SSSR count). The van der Waals surface area contributed by atoms with Gasteiger partial charge in [0.25, 0.3) is 0 Å². The average molecular weight is 1420 g/mol. The van der Waals surface area contributed by atoms with E-state index >= 15 is 0 Å². The summed E-state index contributed by atoms with van der Waals surface area (Å²) in [5.74, 6) is 1.00. The molecule has 5 unspecified atom stereocenters. The zero-order valence-electron chi connectivity index (χ0n) is 63.7. The minimum absolute atomic E-state index is 0.104. The maximum Gasteiger partial charge on any atom is 0.472 e. The fraction of sp³-hybridized carbons (Fsp3) is 0.949. The molecule has 0 aliphatic heterocycles. The summed E-state index contributed by atoms with van der Waals surface area (Å²) in [6, 6.07) is 0. The minimum atomic E-state index is -4.96. The Kier molecular flexibility index (Phi) is 65.9. The molecule has 0 heterocycles. The molecule has 576 valence electrons. The topological polar surface area (TPSA) is 237 Å². The number of rotatable bonds is 75. The van der Waals surface area contributed by atoms with Crippen molar-refractivity contribution in [2.45, 2.75) is 414 Å². The monoisotopic (exact) mass is 1420 g/mol. The second kappa shape index (κ2) is 67.2. The third-order valence-corrected chi connectivity index (χ3v) is 21.1. The van der Waals surface area contributed by atoms with Crippen LogP contribution in [0.5, 0.6) is 0 Å². The minimum Gasteiger partial charge on any atom is -0.462 e. The maximum atomic E-state index is 13.1. The van der Waals surface area contributed by atoms with E-state index in [1.54, 1.807) is 0 Å². The lowest BCUT2D eigenvalue weighted by atomic mass is 9.99. The van der Waals surface area contributed by atoms with Gasteiger partial charge in [-0.25, -0.2) is 9.13 Å². The van der Waals surface area contributed by atoms with E-state index < -0.39 is 97.5 Å². The number of hydrogen-bond donors (Lipinski definition) is 3. The number of phosphoric acid groups is 2. The van der Waals surface area contributed by atoms with Crippen LogP contribution in [0.25, 0.3) is 0 Å². The molecule has 0 aliphatic rings. The highest BCUT2D eigenvalue weighted by Gasteiger charge is 2.30. The molecule has 97 heavy (non-hydrogen) atoms. The molecule has 0 fully saturated rings. The average Bonchev–Trinajstić information content (AvgIpc) is 1.04. The van der Waals surface area contributed by atoms with Gasteiger partial charge >= 0.3 is 39.5 Å². The lowest BCUT2D eigenvalue weighted by Gasteiger charge is -2.21. The van der Waals surface area contributed by atoms with Gasteiger partial charge < -0.3 is 33.8 Å². The van der Waals surface area contributed by atoms with Gasteiger partial charge in [0.1, 0.15) is 19.3 Å². The first-order valence-corrected chi connectivity index (χ1v) is 43.3. The summed E-state index contributed by atoms with van der Waals surface area (Å²) in [4.78, 5) is 72.9. The summed E-state index contributed by atoms with van der Waals surface area (Å²) in [7, 11) is -9.92. The van der Waals surface area contributed by atoms with E-state index in [0.717, 1.165) is 120 Å². The molecule has 0 aromatic heterocycles. The summed E-state index contributed by atoms with van der Waals surface area (Å²) in [5, 5.41) is 10.6. The van der Waals surface area contributed by atoms with E-state index in [0.29, 0.717) is 25.7 Å². The summed E-state index contributed by atoms with van der Waals surface area (Å²) in [5.41, 5.74) is 0. The molecule has 0 aromatic rings. The van der Waals surface area contributed by atoms with E-state index in [2.05, 4.69) is 55.4 Å². The molecule has 0 amide bonds. The lowest BCUT2D eigenvalue weighted by molar-refractivity contribution is -0.161. The number of hydrogen-bond acceptors (Lipinski definition) is 15. The van der Waals surface area contributed by atoms with Crippen molar-refractivity contribution in [3.05, 3.63) is 0 Å². The zero-order chi connectivity index (χ0) is 71.7. The first-order chi connectivity index (χ1) is 46.7. The normalized spacial score (nSPS) is 14.9. The molecule has 0 radical (unpaired) electrons. The van der Waals surface area contributed by atoms with Gasteiger partial charge in [-0.05, 0) is 49.4 Å². The van der Waals surface area contributed by atoms with Gasteiger partial charge in [-0.2, -0.15) is 0 Å². The molecule has 0 aromatic carbocycles. The number of carbonyl (C=O) groups is 4. The molecule has 0 saturated heterocycles. The predicted octanol–water partition coefficient (Wildman–Crippen LogP) is 22.8. The Morgan fingerprint density at radius 3 is 0.732 bits per heavy atom. The SMILES string of the molecule is CCC(C)CCCCCCCCCCCCC(=O)O[C@H](COC(=O)CCCCCCCCCCCCCCCCCCCCC(C)C)COP(=O)(O)OC[C@@H](O)COP(=O)(O)OC[C@@H](COC(=O)CCCCCCCCC(C)CC)OC(=O)CCCCCCCCCCC(C)CC. The van der Waals surface area contributed by atoms with Crippen molar-refractivity contribution in [2.24, 2.45) is 23.7 Å². The Hall–Kier alpha value is -1.94. The van der Waals surface area contributed by atoms with E-state index in [9.17, 15) is 43.2 Å². The predicted molar refractivity (Wildman–Crippen MR) is 395 cm³/mol. The number of ether oxygens (including phenoxy) is 4. The van der Waals surface area contributed by atoms with Crippen LogP contribution in [-0.2, 0) is 65.4 Å².